The van der Waals surface area contributed by atoms with Crippen LogP contribution in [-0.4, -0.2) is 48.1 Å². The Bertz CT molecular complexity index is 1300. The van der Waals surface area contributed by atoms with Crippen LogP contribution >= 0.6 is 0 Å². The van der Waals surface area contributed by atoms with E-state index in [-0.39, 0.29) is 31.1 Å². The van der Waals surface area contributed by atoms with E-state index in [2.05, 4.69) is 5.32 Å². The van der Waals surface area contributed by atoms with Gasteiger partial charge in [-0.15, -0.1) is 0 Å². The third kappa shape index (κ3) is 5.28. The van der Waals surface area contributed by atoms with Gasteiger partial charge in [-0.2, -0.15) is 4.31 Å². The summed E-state index contributed by atoms with van der Waals surface area (Å²) in [6.45, 7) is 3.50. The van der Waals surface area contributed by atoms with Gasteiger partial charge in [0, 0.05) is 19.6 Å². The van der Waals surface area contributed by atoms with Crippen molar-refractivity contribution in [3.8, 4) is 0 Å². The van der Waals surface area contributed by atoms with E-state index in [4.69, 9.17) is 0 Å². The highest BCUT2D eigenvalue weighted by Crippen LogP contribution is 2.29. The Balaban J connectivity index is 1.65. The molecule has 182 valence electrons. The van der Waals surface area contributed by atoms with Crippen LogP contribution in [0.1, 0.15) is 23.6 Å². The van der Waals surface area contributed by atoms with Gasteiger partial charge in [0.05, 0.1) is 11.4 Å². The zero-order chi connectivity index (χ0) is 25.1. The first-order valence-electron chi connectivity index (χ1n) is 11.4. The maximum atomic E-state index is 13.6. The summed E-state index contributed by atoms with van der Waals surface area (Å²) >= 11 is 0. The van der Waals surface area contributed by atoms with Crippen LogP contribution in [0.2, 0.25) is 0 Å². The van der Waals surface area contributed by atoms with E-state index in [1.165, 1.54) is 17.0 Å². The minimum absolute atomic E-state index is 0.0967. The molecule has 0 bridgehead atoms. The number of hydrogen-bond donors (Lipinski definition) is 1. The Kier molecular flexibility index (Phi) is 7.05. The minimum atomic E-state index is -3.97. The first-order chi connectivity index (χ1) is 16.7. The zero-order valence-electron chi connectivity index (χ0n) is 19.8. The summed E-state index contributed by atoms with van der Waals surface area (Å²) in [6.07, 6.45) is 0. The topological polar surface area (TPSA) is 86.8 Å². The second kappa shape index (κ2) is 10.0. The normalized spacial score (nSPS) is 18.9. The third-order valence-corrected chi connectivity index (χ3v) is 8.13. The molecular weight excluding hydrogens is 462 g/mol. The molecule has 1 aliphatic rings. The van der Waals surface area contributed by atoms with E-state index >= 15 is 0 Å². The van der Waals surface area contributed by atoms with Crippen LogP contribution in [-0.2, 0) is 32.7 Å². The largest absolute Gasteiger partial charge is 0.350 e. The van der Waals surface area contributed by atoms with E-state index in [0.29, 0.717) is 0 Å². The second-order valence-electron chi connectivity index (χ2n) is 8.99. The standard InChI is InChI=1S/C27H29N3O4S/c1-21-13-15-24(16-14-21)35(33,34)29-19-25(31)30(18-23-11-7-4-8-12-23)27(2,20-29)26(32)28-17-22-9-5-3-6-10-22/h3-16H,17-20H2,1-2H3,(H,28,32). The molecule has 1 atom stereocenters. The second-order valence-corrected chi connectivity index (χ2v) is 10.9. The number of nitrogens with one attached hydrogen (secondary N) is 1. The molecule has 3 aromatic carbocycles. The summed E-state index contributed by atoms with van der Waals surface area (Å²) in [6, 6.07) is 25.3. The molecule has 0 radical (unpaired) electrons. The Morgan fingerprint density at radius 2 is 1.49 bits per heavy atom. The number of nitrogens with zero attached hydrogens (tertiary/aromatic N) is 2. The Morgan fingerprint density at radius 1 is 0.914 bits per heavy atom. The lowest BCUT2D eigenvalue weighted by Crippen LogP contribution is -2.69. The fourth-order valence-electron chi connectivity index (χ4n) is 4.22. The molecule has 35 heavy (non-hydrogen) atoms. The zero-order valence-corrected chi connectivity index (χ0v) is 20.7. The van der Waals surface area contributed by atoms with E-state index in [9.17, 15) is 18.0 Å². The number of sulfonamides is 1. The summed E-state index contributed by atoms with van der Waals surface area (Å²) < 4.78 is 28.0. The van der Waals surface area contributed by atoms with Gasteiger partial charge in [-0.05, 0) is 37.1 Å². The smallest absolute Gasteiger partial charge is 0.247 e. The molecule has 1 saturated heterocycles. The number of aryl methyl sites for hydroxylation is 1. The molecule has 2 amide bonds. The lowest BCUT2D eigenvalue weighted by atomic mass is 9.94. The Morgan fingerprint density at radius 3 is 2.09 bits per heavy atom. The lowest BCUT2D eigenvalue weighted by Gasteiger charge is -2.46. The molecule has 1 N–H and O–H groups in total. The summed E-state index contributed by atoms with van der Waals surface area (Å²) in [5, 5.41) is 2.91. The van der Waals surface area contributed by atoms with E-state index < -0.39 is 27.4 Å². The molecule has 8 heteroatoms. The first kappa shape index (κ1) is 24.6. The summed E-state index contributed by atoms with van der Waals surface area (Å²) in [4.78, 5) is 28.5. The van der Waals surface area contributed by atoms with Gasteiger partial charge in [-0.25, -0.2) is 8.42 Å². The van der Waals surface area contributed by atoms with Crippen molar-refractivity contribution in [1.82, 2.24) is 14.5 Å². The maximum absolute atomic E-state index is 13.6. The minimum Gasteiger partial charge on any atom is -0.350 e. The van der Waals surface area contributed by atoms with Crippen molar-refractivity contribution < 1.29 is 18.0 Å². The van der Waals surface area contributed by atoms with Crippen LogP contribution in [0, 0.1) is 6.92 Å². The molecule has 7 nitrogen and oxygen atoms in total. The van der Waals surface area contributed by atoms with Crippen LogP contribution in [0.25, 0.3) is 0 Å². The van der Waals surface area contributed by atoms with Crippen molar-refractivity contribution in [2.75, 3.05) is 13.1 Å². The highest BCUT2D eigenvalue weighted by molar-refractivity contribution is 7.89. The van der Waals surface area contributed by atoms with Gasteiger partial charge in [0.25, 0.3) is 0 Å². The lowest BCUT2D eigenvalue weighted by molar-refractivity contribution is -0.153. The van der Waals surface area contributed by atoms with Crippen LogP contribution < -0.4 is 5.32 Å². The predicted molar refractivity (Wildman–Crippen MR) is 134 cm³/mol. The van der Waals surface area contributed by atoms with E-state index in [1.54, 1.807) is 19.1 Å². The Labute approximate surface area is 206 Å². The van der Waals surface area contributed by atoms with Gasteiger partial charge < -0.3 is 10.2 Å². The SMILES string of the molecule is Cc1ccc(S(=O)(=O)N2CC(=O)N(Cc3ccccc3)C(C)(C(=O)NCc3ccccc3)C2)cc1. The molecule has 1 aliphatic heterocycles. The third-order valence-electron chi connectivity index (χ3n) is 6.32. The number of hydrogen-bond acceptors (Lipinski definition) is 4. The molecule has 1 unspecified atom stereocenters. The van der Waals surface area contributed by atoms with Crippen molar-refractivity contribution in [3.05, 3.63) is 102 Å². The molecule has 1 fully saturated rings. The molecule has 4 rings (SSSR count). The average molecular weight is 492 g/mol. The van der Waals surface area contributed by atoms with Gasteiger partial charge in [0.2, 0.25) is 21.8 Å². The van der Waals surface area contributed by atoms with Gasteiger partial charge >= 0.3 is 0 Å². The highest BCUT2D eigenvalue weighted by atomic mass is 32.2. The number of piperazine rings is 1. The molecule has 0 spiro atoms. The van der Waals surface area contributed by atoms with Gasteiger partial charge in [0.15, 0.2) is 0 Å². The number of rotatable bonds is 7. The Hall–Kier alpha value is -3.49. The fourth-order valence-corrected chi connectivity index (χ4v) is 5.70. The number of carbonyl (C=O) groups excluding carboxylic acids is 2. The number of carbonyl (C=O) groups is 2. The predicted octanol–water partition coefficient (Wildman–Crippen LogP) is 3.10. The van der Waals surface area contributed by atoms with Crippen LogP contribution in [0.3, 0.4) is 0 Å². The van der Waals surface area contributed by atoms with Gasteiger partial charge in [0.1, 0.15) is 5.54 Å². The first-order valence-corrected chi connectivity index (χ1v) is 12.9. The quantitative estimate of drug-likeness (QED) is 0.550. The maximum Gasteiger partial charge on any atom is 0.247 e. The molecular formula is C27H29N3O4S. The molecule has 1 heterocycles. The average Bonchev–Trinajstić information content (AvgIpc) is 2.86. The summed E-state index contributed by atoms with van der Waals surface area (Å²) in [7, 11) is -3.97. The summed E-state index contributed by atoms with van der Waals surface area (Å²) in [5.41, 5.74) is 1.29. The van der Waals surface area contributed by atoms with E-state index in [1.807, 2.05) is 67.6 Å². The number of amides is 2. The van der Waals surface area contributed by atoms with Crippen molar-refractivity contribution >= 4 is 21.8 Å². The monoisotopic (exact) mass is 491 g/mol. The molecule has 0 aliphatic carbocycles. The highest BCUT2D eigenvalue weighted by Gasteiger charge is 2.50. The van der Waals surface area contributed by atoms with Crippen molar-refractivity contribution in [2.45, 2.75) is 37.4 Å². The van der Waals surface area contributed by atoms with Crippen LogP contribution in [0.5, 0.6) is 0 Å². The van der Waals surface area contributed by atoms with Crippen LogP contribution in [0.4, 0.5) is 0 Å². The molecule has 0 saturated carbocycles. The van der Waals surface area contributed by atoms with Crippen LogP contribution in [0.15, 0.2) is 89.8 Å². The molecule has 0 aromatic heterocycles. The number of benzene rings is 3. The van der Waals surface area contributed by atoms with E-state index in [0.717, 1.165) is 21.0 Å². The van der Waals surface area contributed by atoms with Crippen molar-refractivity contribution in [3.63, 3.8) is 0 Å². The molecule has 3 aromatic rings. The summed E-state index contributed by atoms with van der Waals surface area (Å²) in [5.74, 6) is -0.831. The fraction of sp³-hybridized carbons (Fsp3) is 0.259. The van der Waals surface area contributed by atoms with Gasteiger partial charge in [-0.3, -0.25) is 9.59 Å². The van der Waals surface area contributed by atoms with Crippen molar-refractivity contribution in [1.29, 1.82) is 0 Å². The van der Waals surface area contributed by atoms with Crippen molar-refractivity contribution in [2.24, 2.45) is 0 Å². The van der Waals surface area contributed by atoms with Gasteiger partial charge in [-0.1, -0.05) is 78.4 Å².